The van der Waals surface area contributed by atoms with Crippen LogP contribution in [0.3, 0.4) is 0 Å². The Kier molecular flexibility index (Phi) is 17.9. The number of likely N-dealkylation sites (tertiary alicyclic amines) is 1. The van der Waals surface area contributed by atoms with Gasteiger partial charge in [0.2, 0.25) is 41.4 Å². The maximum atomic E-state index is 13.9. The molecule has 0 saturated carbocycles. The molecule has 21 nitrogen and oxygen atoms in total. The summed E-state index contributed by atoms with van der Waals surface area (Å²) in [6, 6.07) is -0.765. The summed E-state index contributed by atoms with van der Waals surface area (Å²) in [6.07, 6.45) is 4.26. The Morgan fingerprint density at radius 1 is 0.879 bits per heavy atom. The van der Waals surface area contributed by atoms with Crippen molar-refractivity contribution in [3.63, 3.8) is 0 Å². The van der Waals surface area contributed by atoms with E-state index < -0.39 is 83.5 Å². The number of primary amides is 1. The zero-order valence-corrected chi connectivity index (χ0v) is 33.2. The number of imidazole rings is 1. The lowest BCUT2D eigenvalue weighted by atomic mass is 10.00. The number of H-pyrrole nitrogens is 1. The van der Waals surface area contributed by atoms with Crippen LogP contribution >= 0.6 is 0 Å². The van der Waals surface area contributed by atoms with Gasteiger partial charge in [-0.2, -0.15) is 0 Å². The highest BCUT2D eigenvalue weighted by Gasteiger charge is 2.38. The average molecular weight is 812 g/mol. The van der Waals surface area contributed by atoms with Gasteiger partial charge in [-0.05, 0) is 63.3 Å². The number of nitrogens with two attached hydrogens (primary N) is 3. The minimum atomic E-state index is -1.29. The number of aromatic amines is 1. The minimum Gasteiger partial charge on any atom is -0.508 e. The van der Waals surface area contributed by atoms with E-state index in [1.807, 2.05) is 0 Å². The number of benzene rings is 1. The minimum absolute atomic E-state index is 0.00532. The van der Waals surface area contributed by atoms with Gasteiger partial charge in [-0.25, -0.2) is 4.98 Å². The van der Waals surface area contributed by atoms with Crippen LogP contribution in [-0.4, -0.2) is 130 Å². The highest BCUT2D eigenvalue weighted by molar-refractivity contribution is 5.97. The average Bonchev–Trinajstić information content (AvgIpc) is 3.88. The lowest BCUT2D eigenvalue weighted by Gasteiger charge is -2.29. The van der Waals surface area contributed by atoms with Crippen molar-refractivity contribution in [2.24, 2.45) is 28.1 Å². The lowest BCUT2D eigenvalue weighted by molar-refractivity contribution is -0.141. The number of nitrogens with one attached hydrogen (secondary N) is 7. The van der Waals surface area contributed by atoms with Gasteiger partial charge in [0.15, 0.2) is 5.96 Å². The van der Waals surface area contributed by atoms with Crippen molar-refractivity contribution in [1.82, 2.24) is 46.8 Å². The predicted octanol–water partition coefficient (Wildman–Crippen LogP) is -3.25. The molecule has 0 aliphatic carbocycles. The van der Waals surface area contributed by atoms with Crippen molar-refractivity contribution in [2.75, 3.05) is 26.7 Å². The number of hydrogen-bond acceptors (Lipinski definition) is 11. The van der Waals surface area contributed by atoms with Crippen LogP contribution in [0.25, 0.3) is 0 Å². The third kappa shape index (κ3) is 14.4. The molecule has 0 unspecified atom stereocenters. The van der Waals surface area contributed by atoms with Crippen molar-refractivity contribution in [3.05, 3.63) is 48.0 Å². The molecule has 21 heteroatoms. The van der Waals surface area contributed by atoms with E-state index in [0.717, 1.165) is 0 Å². The fraction of sp³-hybridized carbons (Fsp3) is 0.541. The highest BCUT2D eigenvalue weighted by atomic mass is 16.3. The monoisotopic (exact) mass is 811 g/mol. The second-order valence-corrected chi connectivity index (χ2v) is 14.4. The number of rotatable bonds is 22. The summed E-state index contributed by atoms with van der Waals surface area (Å²) < 4.78 is 0. The van der Waals surface area contributed by atoms with E-state index in [1.165, 1.54) is 36.5 Å². The van der Waals surface area contributed by atoms with Crippen molar-refractivity contribution < 1.29 is 38.7 Å². The summed E-state index contributed by atoms with van der Waals surface area (Å²) in [5.74, 6) is -5.14. The molecule has 1 saturated heterocycles. The van der Waals surface area contributed by atoms with Gasteiger partial charge in [-0.15, -0.1) is 0 Å². The molecule has 1 aromatic carbocycles. The Morgan fingerprint density at radius 3 is 2.16 bits per heavy atom. The molecule has 0 radical (unpaired) electrons. The van der Waals surface area contributed by atoms with E-state index in [0.29, 0.717) is 30.5 Å². The fourth-order valence-corrected chi connectivity index (χ4v) is 6.32. The molecule has 1 aromatic heterocycles. The second kappa shape index (κ2) is 22.5. The number of phenols is 1. The molecule has 2 heterocycles. The number of phenolic OH excluding ortho intramolecular Hbond substituents is 1. The van der Waals surface area contributed by atoms with Crippen LogP contribution in [0.4, 0.5) is 0 Å². The normalized spacial score (nSPS) is 16.2. The number of amides is 7. The zero-order valence-electron chi connectivity index (χ0n) is 33.2. The molecule has 1 fully saturated rings. The first-order valence-electron chi connectivity index (χ1n) is 19.1. The van der Waals surface area contributed by atoms with E-state index in [4.69, 9.17) is 17.2 Å². The Hall–Kier alpha value is -6.25. The van der Waals surface area contributed by atoms with E-state index in [1.54, 1.807) is 33.0 Å². The van der Waals surface area contributed by atoms with Crippen LogP contribution in [0.15, 0.2) is 41.8 Å². The standard InChI is InChI=1S/C37H57N13O8/c1-20(2)30(49-33(55)25(46-29(52)18-41-4)7-5-13-43-37(39)40)35(57)47-26(15-22-9-11-24(51)12-10-22)34(56)45-21(3)32(54)48-27(16-23-17-42-19-44-23)36(58)50-14-6-8-28(50)31(38)53/h9-12,17,19-21,25-28,30,41,51H,5-8,13-16,18H2,1-4H3,(H2,38,53)(H,42,44)(H,45,56)(H,46,52)(H,47,57)(H,48,54)(H,49,55)(H4,39,40,43)/t21-,25+,26+,27+,28+,30+/m1/s1. The van der Waals surface area contributed by atoms with E-state index in [2.05, 4.69) is 46.9 Å². The number of aliphatic imine (C=N–C) groups is 1. The third-order valence-corrected chi connectivity index (χ3v) is 9.40. The lowest BCUT2D eigenvalue weighted by Crippen LogP contribution is -2.60. The molecule has 58 heavy (non-hydrogen) atoms. The molecule has 0 bridgehead atoms. The number of guanidine groups is 1. The molecular weight excluding hydrogens is 754 g/mol. The van der Waals surface area contributed by atoms with Crippen molar-refractivity contribution in [3.8, 4) is 5.75 Å². The molecule has 3 rings (SSSR count). The van der Waals surface area contributed by atoms with Crippen molar-refractivity contribution in [1.29, 1.82) is 0 Å². The topological polar surface area (TPSA) is 334 Å². The van der Waals surface area contributed by atoms with E-state index in [-0.39, 0.29) is 50.6 Å². The summed E-state index contributed by atoms with van der Waals surface area (Å²) >= 11 is 0. The summed E-state index contributed by atoms with van der Waals surface area (Å²) in [5.41, 5.74) is 17.4. The van der Waals surface area contributed by atoms with Gasteiger partial charge in [0.05, 0.1) is 12.9 Å². The smallest absolute Gasteiger partial charge is 0.246 e. The van der Waals surface area contributed by atoms with Crippen LogP contribution in [-0.2, 0) is 46.4 Å². The molecular formula is C37H57N13O8. The Morgan fingerprint density at radius 2 is 1.55 bits per heavy atom. The SMILES string of the molecule is CNCC(=O)N[C@@H](CCCN=C(N)N)C(=O)N[C@H](C(=O)N[C@@H](Cc1ccc(O)cc1)C(=O)N[C@H](C)C(=O)N[C@@H](Cc1cnc[nH]1)C(=O)N1CCC[C@H]1C(N)=O)C(C)C. The van der Waals surface area contributed by atoms with Crippen LogP contribution < -0.4 is 49.1 Å². The largest absolute Gasteiger partial charge is 0.508 e. The maximum absolute atomic E-state index is 13.9. The molecule has 14 N–H and O–H groups in total. The Bertz CT molecular complexity index is 1750. The molecule has 0 spiro atoms. The number of carbonyl (C=O) groups is 7. The Labute approximate surface area is 336 Å². The first kappa shape index (κ1) is 46.1. The zero-order chi connectivity index (χ0) is 42.9. The molecule has 7 amide bonds. The first-order chi connectivity index (χ1) is 27.5. The summed E-state index contributed by atoms with van der Waals surface area (Å²) in [4.78, 5) is 105. The summed E-state index contributed by atoms with van der Waals surface area (Å²) in [6.45, 7) is 5.19. The number of aromatic hydroxyl groups is 1. The number of nitrogens with zero attached hydrogens (tertiary/aromatic N) is 3. The third-order valence-electron chi connectivity index (χ3n) is 9.40. The predicted molar refractivity (Wildman–Crippen MR) is 212 cm³/mol. The molecule has 2 aromatic rings. The maximum Gasteiger partial charge on any atom is 0.246 e. The summed E-state index contributed by atoms with van der Waals surface area (Å²) in [5, 5.41) is 25.9. The Balaban J connectivity index is 1.80. The van der Waals surface area contributed by atoms with Crippen LogP contribution in [0, 0.1) is 5.92 Å². The van der Waals surface area contributed by atoms with E-state index >= 15 is 0 Å². The molecule has 1 aliphatic rings. The molecule has 1 aliphatic heterocycles. The first-order valence-corrected chi connectivity index (χ1v) is 19.1. The van der Waals surface area contributed by atoms with Crippen LogP contribution in [0.2, 0.25) is 0 Å². The number of carbonyl (C=O) groups excluding carboxylic acids is 7. The van der Waals surface area contributed by atoms with Gasteiger partial charge in [0.1, 0.15) is 42.0 Å². The highest BCUT2D eigenvalue weighted by Crippen LogP contribution is 2.19. The van der Waals surface area contributed by atoms with Crippen molar-refractivity contribution >= 4 is 47.3 Å². The molecule has 6 atom stereocenters. The van der Waals surface area contributed by atoms with Gasteiger partial charge in [0.25, 0.3) is 0 Å². The van der Waals surface area contributed by atoms with Gasteiger partial charge >= 0.3 is 0 Å². The van der Waals surface area contributed by atoms with Crippen LogP contribution in [0.5, 0.6) is 5.75 Å². The molecule has 318 valence electrons. The van der Waals surface area contributed by atoms with Gasteiger partial charge < -0.3 is 64.1 Å². The summed E-state index contributed by atoms with van der Waals surface area (Å²) in [7, 11) is 1.57. The van der Waals surface area contributed by atoms with E-state index in [9.17, 15) is 38.7 Å². The fourth-order valence-electron chi connectivity index (χ4n) is 6.32. The number of likely N-dealkylation sites (N-methyl/N-ethyl adjacent to an activating group) is 1. The number of hydrogen-bond donors (Lipinski definition) is 11. The quantitative estimate of drug-likeness (QED) is 0.0317. The van der Waals surface area contributed by atoms with Crippen molar-refractivity contribution in [2.45, 2.75) is 95.5 Å². The second-order valence-electron chi connectivity index (χ2n) is 14.4. The van der Waals surface area contributed by atoms with Gasteiger partial charge in [-0.1, -0.05) is 26.0 Å². The van der Waals surface area contributed by atoms with Crippen LogP contribution in [0.1, 0.15) is 57.7 Å². The number of aromatic nitrogens is 2. The van der Waals surface area contributed by atoms with Gasteiger partial charge in [0, 0.05) is 37.8 Å². The van der Waals surface area contributed by atoms with Gasteiger partial charge in [-0.3, -0.25) is 38.6 Å².